The van der Waals surface area contributed by atoms with Gasteiger partial charge < -0.3 is 15.3 Å². The Morgan fingerprint density at radius 3 is 2.57 bits per heavy atom. The lowest BCUT2D eigenvalue weighted by Gasteiger charge is -2.35. The summed E-state index contributed by atoms with van der Waals surface area (Å²) in [6, 6.07) is -0.00716. The molecule has 0 radical (unpaired) electrons. The zero-order chi connectivity index (χ0) is 15.7. The van der Waals surface area contributed by atoms with E-state index in [2.05, 4.69) is 19.2 Å². The van der Waals surface area contributed by atoms with E-state index in [0.717, 1.165) is 32.1 Å². The van der Waals surface area contributed by atoms with Crippen molar-refractivity contribution in [3.63, 3.8) is 0 Å². The van der Waals surface area contributed by atoms with Crippen molar-refractivity contribution >= 4 is 12.0 Å². The Labute approximate surface area is 127 Å². The topological polar surface area (TPSA) is 69.6 Å². The summed E-state index contributed by atoms with van der Waals surface area (Å²) < 4.78 is 0. The third kappa shape index (κ3) is 3.16. The standard InChI is InChI=1S/C16H28N2O3/c1-4-7-16(13(19)20)8-5-10-18(16)14(21)17-12-6-9-15(2,3)11-12/h12H,4-11H2,1-3H3,(H,17,21)(H,19,20). The number of urea groups is 1. The van der Waals surface area contributed by atoms with E-state index in [0.29, 0.717) is 19.4 Å². The molecule has 120 valence electrons. The van der Waals surface area contributed by atoms with Gasteiger partial charge in [-0.25, -0.2) is 9.59 Å². The Morgan fingerprint density at radius 1 is 1.33 bits per heavy atom. The van der Waals surface area contributed by atoms with Gasteiger partial charge in [0.25, 0.3) is 0 Å². The molecule has 0 bridgehead atoms. The smallest absolute Gasteiger partial charge is 0.329 e. The molecule has 2 amide bonds. The van der Waals surface area contributed by atoms with Crippen LogP contribution in [0.4, 0.5) is 4.79 Å². The van der Waals surface area contributed by atoms with Crippen LogP contribution in [0.3, 0.4) is 0 Å². The molecule has 5 nitrogen and oxygen atoms in total. The summed E-state index contributed by atoms with van der Waals surface area (Å²) in [6.07, 6.45) is 5.71. The minimum Gasteiger partial charge on any atom is -0.479 e. The van der Waals surface area contributed by atoms with Crippen LogP contribution in [0.1, 0.15) is 65.7 Å². The van der Waals surface area contributed by atoms with Gasteiger partial charge in [-0.15, -0.1) is 0 Å². The molecule has 21 heavy (non-hydrogen) atoms. The van der Waals surface area contributed by atoms with E-state index >= 15 is 0 Å². The maximum atomic E-state index is 12.6. The molecule has 1 aliphatic carbocycles. The number of nitrogens with one attached hydrogen (secondary N) is 1. The van der Waals surface area contributed by atoms with E-state index in [-0.39, 0.29) is 17.5 Å². The Morgan fingerprint density at radius 2 is 2.05 bits per heavy atom. The molecule has 1 heterocycles. The number of carbonyl (C=O) groups is 2. The summed E-state index contributed by atoms with van der Waals surface area (Å²) in [4.78, 5) is 25.9. The average molecular weight is 296 g/mol. The maximum Gasteiger partial charge on any atom is 0.329 e. The number of rotatable bonds is 4. The van der Waals surface area contributed by atoms with Gasteiger partial charge in [-0.05, 0) is 43.9 Å². The average Bonchev–Trinajstić information content (AvgIpc) is 2.94. The number of hydrogen-bond acceptors (Lipinski definition) is 2. The van der Waals surface area contributed by atoms with Crippen molar-refractivity contribution in [1.29, 1.82) is 0 Å². The molecule has 2 aliphatic rings. The van der Waals surface area contributed by atoms with Crippen LogP contribution in [0.5, 0.6) is 0 Å². The molecule has 0 aromatic heterocycles. The first-order valence-corrected chi connectivity index (χ1v) is 8.12. The number of carboxylic acids is 1. The Balaban J connectivity index is 2.05. The van der Waals surface area contributed by atoms with E-state index in [1.54, 1.807) is 4.90 Å². The monoisotopic (exact) mass is 296 g/mol. The normalized spacial score (nSPS) is 31.4. The van der Waals surface area contributed by atoms with E-state index in [1.165, 1.54) is 0 Å². The number of nitrogens with zero attached hydrogens (tertiary/aromatic N) is 1. The predicted octanol–water partition coefficient (Wildman–Crippen LogP) is 2.99. The fraction of sp³-hybridized carbons (Fsp3) is 0.875. The minimum atomic E-state index is -0.993. The van der Waals surface area contributed by atoms with Gasteiger partial charge in [0.2, 0.25) is 0 Å². The third-order valence-electron chi connectivity index (χ3n) is 5.09. The molecule has 0 aromatic rings. The first kappa shape index (κ1) is 16.1. The molecule has 0 spiro atoms. The summed E-state index contributed by atoms with van der Waals surface area (Å²) in [5.74, 6) is -0.858. The maximum absolute atomic E-state index is 12.6. The van der Waals surface area contributed by atoms with Crippen LogP contribution >= 0.6 is 0 Å². The second kappa shape index (κ2) is 5.85. The van der Waals surface area contributed by atoms with Crippen molar-refractivity contribution in [2.45, 2.75) is 77.3 Å². The van der Waals surface area contributed by atoms with Gasteiger partial charge in [-0.2, -0.15) is 0 Å². The van der Waals surface area contributed by atoms with Crippen molar-refractivity contribution in [3.05, 3.63) is 0 Å². The zero-order valence-corrected chi connectivity index (χ0v) is 13.4. The number of carbonyl (C=O) groups excluding carboxylic acids is 1. The van der Waals surface area contributed by atoms with Gasteiger partial charge in [0.1, 0.15) is 5.54 Å². The van der Waals surface area contributed by atoms with Gasteiger partial charge in [-0.3, -0.25) is 0 Å². The highest BCUT2D eigenvalue weighted by Crippen LogP contribution is 2.38. The molecule has 2 unspecified atom stereocenters. The second-order valence-corrected chi connectivity index (χ2v) is 7.40. The van der Waals surface area contributed by atoms with Crippen molar-refractivity contribution in [1.82, 2.24) is 10.2 Å². The van der Waals surface area contributed by atoms with Crippen molar-refractivity contribution < 1.29 is 14.7 Å². The summed E-state index contributed by atoms with van der Waals surface area (Å²) >= 11 is 0. The zero-order valence-electron chi connectivity index (χ0n) is 13.4. The molecule has 2 rings (SSSR count). The molecule has 0 aromatic carbocycles. The molecule has 1 saturated carbocycles. The van der Waals surface area contributed by atoms with Crippen LogP contribution in [0.25, 0.3) is 0 Å². The van der Waals surface area contributed by atoms with Crippen LogP contribution in [-0.4, -0.2) is 40.1 Å². The van der Waals surface area contributed by atoms with Crippen molar-refractivity contribution in [3.8, 4) is 0 Å². The van der Waals surface area contributed by atoms with Crippen LogP contribution in [0.15, 0.2) is 0 Å². The fourth-order valence-electron chi connectivity index (χ4n) is 3.99. The van der Waals surface area contributed by atoms with Gasteiger partial charge in [-0.1, -0.05) is 27.2 Å². The lowest BCUT2D eigenvalue weighted by atomic mass is 9.91. The quantitative estimate of drug-likeness (QED) is 0.838. The molecule has 2 fully saturated rings. The number of hydrogen-bond donors (Lipinski definition) is 2. The van der Waals surface area contributed by atoms with Crippen LogP contribution < -0.4 is 5.32 Å². The van der Waals surface area contributed by atoms with E-state index < -0.39 is 11.5 Å². The van der Waals surface area contributed by atoms with E-state index in [1.807, 2.05) is 6.92 Å². The minimum absolute atomic E-state index is 0.182. The number of likely N-dealkylation sites (tertiary alicyclic amines) is 1. The second-order valence-electron chi connectivity index (χ2n) is 7.40. The Bertz CT molecular complexity index is 422. The molecule has 1 aliphatic heterocycles. The van der Waals surface area contributed by atoms with Gasteiger partial charge >= 0.3 is 12.0 Å². The number of carboxylic acid groups (broad SMARTS) is 1. The van der Waals surface area contributed by atoms with Crippen LogP contribution in [-0.2, 0) is 4.79 Å². The molecule has 2 N–H and O–H groups in total. The number of aliphatic carboxylic acids is 1. The van der Waals surface area contributed by atoms with Gasteiger partial charge in [0.05, 0.1) is 0 Å². The molecule has 1 saturated heterocycles. The lowest BCUT2D eigenvalue weighted by molar-refractivity contribution is -0.148. The number of amides is 2. The highest BCUT2D eigenvalue weighted by molar-refractivity contribution is 5.87. The first-order chi connectivity index (χ1) is 9.81. The molecular weight excluding hydrogens is 268 g/mol. The SMILES string of the molecule is CCCC1(C(=O)O)CCCN1C(=O)NC1CCC(C)(C)C1. The Kier molecular flexibility index (Phi) is 4.49. The van der Waals surface area contributed by atoms with Crippen molar-refractivity contribution in [2.75, 3.05) is 6.54 Å². The summed E-state index contributed by atoms with van der Waals surface area (Å²) in [5.41, 5.74) is -0.719. The molecule has 5 heteroatoms. The third-order valence-corrected chi connectivity index (χ3v) is 5.09. The molecular formula is C16H28N2O3. The lowest BCUT2D eigenvalue weighted by Crippen LogP contribution is -2.57. The van der Waals surface area contributed by atoms with Crippen molar-refractivity contribution in [2.24, 2.45) is 5.41 Å². The summed E-state index contributed by atoms with van der Waals surface area (Å²) in [6.45, 7) is 6.95. The van der Waals surface area contributed by atoms with Gasteiger partial charge in [0, 0.05) is 12.6 Å². The first-order valence-electron chi connectivity index (χ1n) is 8.12. The Hall–Kier alpha value is -1.26. The highest BCUT2D eigenvalue weighted by Gasteiger charge is 2.49. The van der Waals surface area contributed by atoms with Gasteiger partial charge in [0.15, 0.2) is 0 Å². The fourth-order valence-corrected chi connectivity index (χ4v) is 3.99. The highest BCUT2D eigenvalue weighted by atomic mass is 16.4. The van der Waals surface area contributed by atoms with E-state index in [4.69, 9.17) is 0 Å². The predicted molar refractivity (Wildman–Crippen MR) is 81.2 cm³/mol. The molecule has 2 atom stereocenters. The summed E-state index contributed by atoms with van der Waals surface area (Å²) in [5, 5.41) is 12.7. The van der Waals surface area contributed by atoms with Crippen LogP contribution in [0.2, 0.25) is 0 Å². The summed E-state index contributed by atoms with van der Waals surface area (Å²) in [7, 11) is 0. The van der Waals surface area contributed by atoms with E-state index in [9.17, 15) is 14.7 Å². The largest absolute Gasteiger partial charge is 0.479 e. The van der Waals surface area contributed by atoms with Crippen LogP contribution in [0, 0.1) is 5.41 Å².